The number of nitrogens with zero attached hydrogens (tertiary/aromatic N) is 1. The first-order valence-electron chi connectivity index (χ1n) is 7.62. The van der Waals surface area contributed by atoms with E-state index in [4.69, 9.17) is 4.74 Å². The number of unbranched alkanes of at least 4 members (excludes halogenated alkanes) is 6. The number of carbonyl (C=O) groups excluding carboxylic acids is 1. The molecule has 0 fully saturated rings. The molecule has 0 aliphatic rings. The first kappa shape index (κ1) is 17.4. The summed E-state index contributed by atoms with van der Waals surface area (Å²) in [4.78, 5) is 13.6. The van der Waals surface area contributed by atoms with Crippen molar-refractivity contribution in [3.8, 4) is 0 Å². The van der Waals surface area contributed by atoms with Crippen molar-refractivity contribution in [3.05, 3.63) is 0 Å². The largest absolute Gasteiger partial charge is 0.465 e. The van der Waals surface area contributed by atoms with Crippen LogP contribution in [-0.4, -0.2) is 37.1 Å². The summed E-state index contributed by atoms with van der Waals surface area (Å²) in [6.45, 7) is 9.19. The summed E-state index contributed by atoms with van der Waals surface area (Å²) in [6.07, 6.45) is 8.77. The van der Waals surface area contributed by atoms with Crippen LogP contribution in [0, 0.1) is 0 Å². The topological polar surface area (TPSA) is 29.5 Å². The third-order valence-electron chi connectivity index (χ3n) is 3.26. The molecule has 0 amide bonds. The van der Waals surface area contributed by atoms with Crippen LogP contribution in [0.3, 0.4) is 0 Å². The van der Waals surface area contributed by atoms with Gasteiger partial charge in [0.05, 0.1) is 13.2 Å². The molecule has 0 unspecified atom stereocenters. The van der Waals surface area contributed by atoms with Crippen LogP contribution in [0.25, 0.3) is 0 Å². The zero-order valence-corrected chi connectivity index (χ0v) is 12.5. The average Bonchev–Trinajstić information content (AvgIpc) is 2.39. The number of hydrogen-bond acceptors (Lipinski definition) is 3. The van der Waals surface area contributed by atoms with E-state index in [1.54, 1.807) is 0 Å². The molecule has 0 aliphatic heterocycles. The van der Waals surface area contributed by atoms with Crippen molar-refractivity contribution in [2.24, 2.45) is 0 Å². The van der Waals surface area contributed by atoms with Gasteiger partial charge in [0.15, 0.2) is 0 Å². The molecule has 0 saturated carbocycles. The van der Waals surface area contributed by atoms with Crippen molar-refractivity contribution in [2.75, 3.05) is 26.2 Å². The Hall–Kier alpha value is -0.570. The first-order chi connectivity index (χ1) is 8.74. The molecule has 0 radical (unpaired) electrons. The summed E-state index contributed by atoms with van der Waals surface area (Å²) in [5.74, 6) is -0.0790. The van der Waals surface area contributed by atoms with Crippen LogP contribution in [-0.2, 0) is 9.53 Å². The van der Waals surface area contributed by atoms with E-state index in [0.717, 1.165) is 19.5 Å². The summed E-state index contributed by atoms with van der Waals surface area (Å²) in [5, 5.41) is 0. The highest BCUT2D eigenvalue weighted by Crippen LogP contribution is 2.06. The molecule has 108 valence electrons. The number of hydrogen-bond donors (Lipinski definition) is 0. The molecule has 18 heavy (non-hydrogen) atoms. The lowest BCUT2D eigenvalue weighted by Crippen LogP contribution is -2.30. The van der Waals surface area contributed by atoms with E-state index in [2.05, 4.69) is 25.7 Å². The van der Waals surface area contributed by atoms with Crippen LogP contribution >= 0.6 is 0 Å². The fraction of sp³-hybridized carbons (Fsp3) is 0.933. The van der Waals surface area contributed by atoms with Gasteiger partial charge in [-0.1, -0.05) is 59.3 Å². The van der Waals surface area contributed by atoms with Crippen molar-refractivity contribution < 1.29 is 9.53 Å². The van der Waals surface area contributed by atoms with Gasteiger partial charge in [-0.15, -0.1) is 0 Å². The van der Waals surface area contributed by atoms with Gasteiger partial charge in [-0.2, -0.15) is 0 Å². The van der Waals surface area contributed by atoms with E-state index >= 15 is 0 Å². The Bertz CT molecular complexity index is 191. The second kappa shape index (κ2) is 12.9. The smallest absolute Gasteiger partial charge is 0.320 e. The van der Waals surface area contributed by atoms with Gasteiger partial charge in [0.1, 0.15) is 0 Å². The van der Waals surface area contributed by atoms with Crippen LogP contribution in [0.1, 0.15) is 65.7 Å². The number of carbonyl (C=O) groups is 1. The Labute approximate surface area is 113 Å². The van der Waals surface area contributed by atoms with E-state index < -0.39 is 0 Å². The molecule has 0 saturated heterocycles. The van der Waals surface area contributed by atoms with Gasteiger partial charge < -0.3 is 4.74 Å². The summed E-state index contributed by atoms with van der Waals surface area (Å²) < 4.78 is 5.22. The molecule has 0 atom stereocenters. The Balaban J connectivity index is 3.30. The highest BCUT2D eigenvalue weighted by atomic mass is 16.5. The third-order valence-corrected chi connectivity index (χ3v) is 3.26. The van der Waals surface area contributed by atoms with Gasteiger partial charge in [-0.25, -0.2) is 0 Å². The van der Waals surface area contributed by atoms with Crippen LogP contribution in [0.5, 0.6) is 0 Å². The SMILES string of the molecule is CCCCCCCCCOC(=O)CN(CC)CC. The standard InChI is InChI=1S/C15H31NO2/c1-4-7-8-9-10-11-12-13-18-15(17)14-16(5-2)6-3/h4-14H2,1-3H3. The predicted octanol–water partition coefficient (Wildman–Crippen LogP) is 3.62. The lowest BCUT2D eigenvalue weighted by molar-refractivity contribution is -0.145. The van der Waals surface area contributed by atoms with Crippen molar-refractivity contribution >= 4 is 5.97 Å². The molecule has 3 heteroatoms. The summed E-state index contributed by atoms with van der Waals surface area (Å²) >= 11 is 0. The van der Waals surface area contributed by atoms with Gasteiger partial charge in [0.25, 0.3) is 0 Å². The minimum absolute atomic E-state index is 0.0790. The molecular weight excluding hydrogens is 226 g/mol. The highest BCUT2D eigenvalue weighted by molar-refractivity contribution is 5.71. The molecule has 0 aromatic carbocycles. The first-order valence-corrected chi connectivity index (χ1v) is 7.62. The Morgan fingerprint density at radius 2 is 1.44 bits per heavy atom. The second-order valence-corrected chi connectivity index (χ2v) is 4.80. The zero-order valence-electron chi connectivity index (χ0n) is 12.5. The summed E-state index contributed by atoms with van der Waals surface area (Å²) in [7, 11) is 0. The minimum Gasteiger partial charge on any atom is -0.465 e. The Morgan fingerprint density at radius 3 is 2.00 bits per heavy atom. The molecule has 0 heterocycles. The quantitative estimate of drug-likeness (QED) is 0.395. The lowest BCUT2D eigenvalue weighted by Gasteiger charge is -2.16. The molecule has 0 bridgehead atoms. The molecule has 0 aromatic heterocycles. The number of ether oxygens (including phenoxy) is 1. The van der Waals surface area contributed by atoms with Crippen LogP contribution in [0.2, 0.25) is 0 Å². The fourth-order valence-electron chi connectivity index (χ4n) is 1.92. The average molecular weight is 257 g/mol. The molecule has 0 rings (SSSR count). The van der Waals surface area contributed by atoms with Crippen molar-refractivity contribution in [1.29, 1.82) is 0 Å². The van der Waals surface area contributed by atoms with Crippen LogP contribution in [0.4, 0.5) is 0 Å². The zero-order chi connectivity index (χ0) is 13.6. The molecule has 0 aliphatic carbocycles. The van der Waals surface area contributed by atoms with Gasteiger partial charge in [-0.05, 0) is 19.5 Å². The van der Waals surface area contributed by atoms with Crippen molar-refractivity contribution in [3.63, 3.8) is 0 Å². The number of likely N-dealkylation sites (N-methyl/N-ethyl adjacent to an activating group) is 1. The lowest BCUT2D eigenvalue weighted by atomic mass is 10.1. The predicted molar refractivity (Wildman–Crippen MR) is 76.7 cm³/mol. The molecule has 0 spiro atoms. The van der Waals surface area contributed by atoms with E-state index in [-0.39, 0.29) is 5.97 Å². The second-order valence-electron chi connectivity index (χ2n) is 4.80. The number of esters is 1. The van der Waals surface area contributed by atoms with E-state index in [0.29, 0.717) is 13.2 Å². The molecule has 0 N–H and O–H groups in total. The maximum atomic E-state index is 11.5. The summed E-state index contributed by atoms with van der Waals surface area (Å²) in [6, 6.07) is 0. The van der Waals surface area contributed by atoms with E-state index in [1.807, 2.05) is 0 Å². The van der Waals surface area contributed by atoms with Crippen LogP contribution < -0.4 is 0 Å². The monoisotopic (exact) mass is 257 g/mol. The number of rotatable bonds is 12. The molecule has 3 nitrogen and oxygen atoms in total. The van der Waals surface area contributed by atoms with Crippen LogP contribution in [0.15, 0.2) is 0 Å². The Morgan fingerprint density at radius 1 is 0.889 bits per heavy atom. The normalized spacial score (nSPS) is 10.9. The maximum Gasteiger partial charge on any atom is 0.320 e. The van der Waals surface area contributed by atoms with Gasteiger partial charge in [0, 0.05) is 0 Å². The summed E-state index contributed by atoms with van der Waals surface area (Å²) in [5.41, 5.74) is 0. The minimum atomic E-state index is -0.0790. The van der Waals surface area contributed by atoms with Crippen molar-refractivity contribution in [2.45, 2.75) is 65.7 Å². The third kappa shape index (κ3) is 10.6. The molecular formula is C15H31NO2. The Kier molecular flexibility index (Phi) is 12.5. The molecule has 0 aromatic rings. The van der Waals surface area contributed by atoms with Crippen molar-refractivity contribution in [1.82, 2.24) is 4.90 Å². The van der Waals surface area contributed by atoms with Gasteiger partial charge >= 0.3 is 5.97 Å². The van der Waals surface area contributed by atoms with E-state index in [1.165, 1.54) is 38.5 Å². The maximum absolute atomic E-state index is 11.5. The van der Waals surface area contributed by atoms with Gasteiger partial charge in [0.2, 0.25) is 0 Å². The van der Waals surface area contributed by atoms with Gasteiger partial charge in [-0.3, -0.25) is 9.69 Å². The highest BCUT2D eigenvalue weighted by Gasteiger charge is 2.07. The fourth-order valence-corrected chi connectivity index (χ4v) is 1.92. The van der Waals surface area contributed by atoms with E-state index in [9.17, 15) is 4.79 Å².